The van der Waals surface area contributed by atoms with Crippen molar-refractivity contribution in [3.8, 4) is 11.5 Å². The Morgan fingerprint density at radius 3 is 2.83 bits per heavy atom. The summed E-state index contributed by atoms with van der Waals surface area (Å²) in [6.07, 6.45) is 0.313. The molecule has 3 rings (SSSR count). The monoisotopic (exact) mass is 326 g/mol. The molecule has 1 N–H and O–H groups in total. The zero-order chi connectivity index (χ0) is 17.1. The average molecular weight is 326 g/mol. The summed E-state index contributed by atoms with van der Waals surface area (Å²) >= 11 is 0. The van der Waals surface area contributed by atoms with Gasteiger partial charge in [-0.05, 0) is 30.3 Å². The maximum Gasteiger partial charge on any atom is 0.255 e. The van der Waals surface area contributed by atoms with E-state index in [4.69, 9.17) is 9.47 Å². The SMILES string of the molecule is COc1ccccc1NC(=O)c1ccc2c(c1)N(C)C(=O)CCO2. The lowest BCUT2D eigenvalue weighted by Gasteiger charge is -2.17. The molecule has 1 heterocycles. The summed E-state index contributed by atoms with van der Waals surface area (Å²) < 4.78 is 10.8. The fraction of sp³-hybridized carbons (Fsp3) is 0.222. The van der Waals surface area contributed by atoms with Crippen molar-refractivity contribution in [2.75, 3.05) is 31.0 Å². The Morgan fingerprint density at radius 2 is 2.04 bits per heavy atom. The number of nitrogens with one attached hydrogen (secondary N) is 1. The minimum atomic E-state index is -0.285. The van der Waals surface area contributed by atoms with Crippen molar-refractivity contribution in [2.24, 2.45) is 0 Å². The minimum absolute atomic E-state index is 0.0453. The number of carbonyl (C=O) groups is 2. The highest BCUT2D eigenvalue weighted by molar-refractivity contribution is 6.06. The zero-order valence-corrected chi connectivity index (χ0v) is 13.5. The summed E-state index contributed by atoms with van der Waals surface area (Å²) in [5.41, 5.74) is 1.61. The van der Waals surface area contributed by atoms with Gasteiger partial charge < -0.3 is 19.7 Å². The third-order valence-electron chi connectivity index (χ3n) is 3.89. The first kappa shape index (κ1) is 15.9. The molecule has 2 aromatic rings. The second-order valence-corrected chi connectivity index (χ2v) is 5.39. The van der Waals surface area contributed by atoms with E-state index in [-0.39, 0.29) is 11.8 Å². The third-order valence-corrected chi connectivity index (χ3v) is 3.89. The molecular weight excluding hydrogens is 308 g/mol. The summed E-state index contributed by atoms with van der Waals surface area (Å²) in [6.45, 7) is 0.336. The number of para-hydroxylation sites is 2. The van der Waals surface area contributed by atoms with Gasteiger partial charge in [0.15, 0.2) is 0 Å². The quantitative estimate of drug-likeness (QED) is 0.941. The molecule has 2 amide bonds. The smallest absolute Gasteiger partial charge is 0.255 e. The number of benzene rings is 2. The lowest BCUT2D eigenvalue weighted by atomic mass is 10.1. The number of methoxy groups -OCH3 is 1. The van der Waals surface area contributed by atoms with Crippen molar-refractivity contribution in [1.29, 1.82) is 0 Å². The lowest BCUT2D eigenvalue weighted by Crippen LogP contribution is -2.25. The Morgan fingerprint density at radius 1 is 1.25 bits per heavy atom. The molecule has 6 heteroatoms. The molecular formula is C18H18N2O4. The van der Waals surface area contributed by atoms with Gasteiger partial charge in [0, 0.05) is 12.6 Å². The number of anilines is 2. The van der Waals surface area contributed by atoms with E-state index in [2.05, 4.69) is 5.32 Å². The number of amides is 2. The molecule has 0 unspecified atom stereocenters. The van der Waals surface area contributed by atoms with Gasteiger partial charge >= 0.3 is 0 Å². The van der Waals surface area contributed by atoms with Gasteiger partial charge in [0.25, 0.3) is 5.91 Å². The highest BCUT2D eigenvalue weighted by Crippen LogP contribution is 2.32. The predicted molar refractivity (Wildman–Crippen MR) is 90.9 cm³/mol. The number of carbonyl (C=O) groups excluding carboxylic acids is 2. The molecule has 0 spiro atoms. The highest BCUT2D eigenvalue weighted by atomic mass is 16.5. The zero-order valence-electron chi connectivity index (χ0n) is 13.5. The van der Waals surface area contributed by atoms with E-state index in [0.717, 1.165) is 0 Å². The van der Waals surface area contributed by atoms with Gasteiger partial charge in [0.2, 0.25) is 5.91 Å². The van der Waals surface area contributed by atoms with Crippen LogP contribution >= 0.6 is 0 Å². The Bertz CT molecular complexity index is 788. The van der Waals surface area contributed by atoms with E-state index in [1.54, 1.807) is 44.5 Å². The standard InChI is InChI=1S/C18H18N2O4/c1-20-14-11-12(7-8-16(14)24-10-9-17(20)21)18(22)19-13-5-3-4-6-15(13)23-2/h3-8,11H,9-10H2,1-2H3,(H,19,22). The molecule has 24 heavy (non-hydrogen) atoms. The summed E-state index contributed by atoms with van der Waals surface area (Å²) in [4.78, 5) is 26.0. The van der Waals surface area contributed by atoms with E-state index in [9.17, 15) is 9.59 Å². The van der Waals surface area contributed by atoms with Crippen LogP contribution in [0.4, 0.5) is 11.4 Å². The summed E-state index contributed by atoms with van der Waals surface area (Å²) in [6, 6.07) is 12.2. The second kappa shape index (κ2) is 6.62. The highest BCUT2D eigenvalue weighted by Gasteiger charge is 2.21. The molecule has 1 aliphatic rings. The van der Waals surface area contributed by atoms with Crippen LogP contribution in [0, 0.1) is 0 Å². The number of nitrogens with zero attached hydrogens (tertiary/aromatic N) is 1. The maximum atomic E-state index is 12.5. The van der Waals surface area contributed by atoms with Crippen molar-refractivity contribution in [2.45, 2.75) is 6.42 Å². The van der Waals surface area contributed by atoms with E-state index in [0.29, 0.717) is 41.5 Å². The van der Waals surface area contributed by atoms with Crippen molar-refractivity contribution in [1.82, 2.24) is 0 Å². The number of rotatable bonds is 3. The van der Waals surface area contributed by atoms with Gasteiger partial charge in [0.1, 0.15) is 11.5 Å². The van der Waals surface area contributed by atoms with Crippen LogP contribution in [0.15, 0.2) is 42.5 Å². The number of ether oxygens (including phenoxy) is 2. The largest absolute Gasteiger partial charge is 0.495 e. The molecule has 124 valence electrons. The van der Waals surface area contributed by atoms with Crippen LogP contribution in [0.2, 0.25) is 0 Å². The summed E-state index contributed by atoms with van der Waals surface area (Å²) in [7, 11) is 3.23. The predicted octanol–water partition coefficient (Wildman–Crippen LogP) is 2.69. The van der Waals surface area contributed by atoms with Crippen LogP contribution < -0.4 is 19.7 Å². The molecule has 0 radical (unpaired) electrons. The van der Waals surface area contributed by atoms with Crippen LogP contribution in [0.5, 0.6) is 11.5 Å². The van der Waals surface area contributed by atoms with Crippen LogP contribution in [0.3, 0.4) is 0 Å². The minimum Gasteiger partial charge on any atom is -0.495 e. The normalized spacial score (nSPS) is 13.6. The van der Waals surface area contributed by atoms with E-state index in [1.165, 1.54) is 4.90 Å². The van der Waals surface area contributed by atoms with Crippen LogP contribution in [-0.4, -0.2) is 32.6 Å². The molecule has 0 fully saturated rings. The van der Waals surface area contributed by atoms with Gasteiger partial charge in [-0.15, -0.1) is 0 Å². The molecule has 0 atom stereocenters. The molecule has 0 bridgehead atoms. The van der Waals surface area contributed by atoms with E-state index in [1.807, 2.05) is 12.1 Å². The Kier molecular flexibility index (Phi) is 4.37. The third kappa shape index (κ3) is 3.03. The fourth-order valence-corrected chi connectivity index (χ4v) is 2.54. The van der Waals surface area contributed by atoms with Gasteiger partial charge in [-0.25, -0.2) is 0 Å². The second-order valence-electron chi connectivity index (χ2n) is 5.39. The first-order valence-corrected chi connectivity index (χ1v) is 7.58. The van der Waals surface area contributed by atoms with Crippen molar-refractivity contribution in [3.05, 3.63) is 48.0 Å². The van der Waals surface area contributed by atoms with Gasteiger partial charge in [-0.3, -0.25) is 9.59 Å². The molecule has 2 aromatic carbocycles. The Labute approximate surface area is 140 Å². The molecule has 0 saturated carbocycles. The van der Waals surface area contributed by atoms with Crippen molar-refractivity contribution >= 4 is 23.2 Å². The number of hydrogen-bond donors (Lipinski definition) is 1. The first-order chi connectivity index (χ1) is 11.6. The molecule has 0 aliphatic carbocycles. The summed E-state index contributed by atoms with van der Waals surface area (Å²) in [5, 5.41) is 2.82. The van der Waals surface area contributed by atoms with Crippen molar-refractivity contribution in [3.63, 3.8) is 0 Å². The molecule has 0 aromatic heterocycles. The van der Waals surface area contributed by atoms with E-state index >= 15 is 0 Å². The Balaban J connectivity index is 1.89. The van der Waals surface area contributed by atoms with Crippen LogP contribution in [-0.2, 0) is 4.79 Å². The molecule has 1 aliphatic heterocycles. The van der Waals surface area contributed by atoms with Gasteiger partial charge in [-0.2, -0.15) is 0 Å². The van der Waals surface area contributed by atoms with Gasteiger partial charge in [-0.1, -0.05) is 12.1 Å². The average Bonchev–Trinajstić information content (AvgIpc) is 2.74. The maximum absolute atomic E-state index is 12.5. The first-order valence-electron chi connectivity index (χ1n) is 7.58. The summed E-state index contributed by atoms with van der Waals surface area (Å²) in [5.74, 6) is 0.844. The molecule has 6 nitrogen and oxygen atoms in total. The van der Waals surface area contributed by atoms with Gasteiger partial charge in [0.05, 0.1) is 31.5 Å². The lowest BCUT2D eigenvalue weighted by molar-refractivity contribution is -0.118. The Hall–Kier alpha value is -3.02. The fourth-order valence-electron chi connectivity index (χ4n) is 2.54. The number of fused-ring (bicyclic) bond motifs is 1. The number of hydrogen-bond acceptors (Lipinski definition) is 4. The molecule has 0 saturated heterocycles. The van der Waals surface area contributed by atoms with Crippen LogP contribution in [0.1, 0.15) is 16.8 Å². The van der Waals surface area contributed by atoms with E-state index < -0.39 is 0 Å². The topological polar surface area (TPSA) is 67.9 Å². The van der Waals surface area contributed by atoms with Crippen LogP contribution in [0.25, 0.3) is 0 Å². The van der Waals surface area contributed by atoms with Crippen molar-refractivity contribution < 1.29 is 19.1 Å².